The summed E-state index contributed by atoms with van der Waals surface area (Å²) in [4.78, 5) is 13.8. The van der Waals surface area contributed by atoms with Crippen LogP contribution in [0.2, 0.25) is 5.02 Å². The van der Waals surface area contributed by atoms with Crippen LogP contribution in [0.1, 0.15) is 25.3 Å². The lowest BCUT2D eigenvalue weighted by molar-refractivity contribution is -0.133. The molecule has 1 amide bonds. The zero-order valence-electron chi connectivity index (χ0n) is 16.2. The third kappa shape index (κ3) is 4.53. The molecular formula is C20H15ClF5N3O2. The molecule has 0 spiro atoms. The molecule has 5 nitrogen and oxygen atoms in total. The Bertz CT molecular complexity index is 1110. The van der Waals surface area contributed by atoms with Gasteiger partial charge < -0.3 is 9.32 Å². The monoisotopic (exact) mass is 459 g/mol. The number of hydrogen-bond acceptors (Lipinski definition) is 4. The largest absolute Gasteiger partial charge is 0.419 e. The summed E-state index contributed by atoms with van der Waals surface area (Å²) in [6.45, 7) is 2.95. The van der Waals surface area contributed by atoms with Gasteiger partial charge >= 0.3 is 0 Å². The van der Waals surface area contributed by atoms with Crippen LogP contribution < -0.4 is 0 Å². The second-order valence-electron chi connectivity index (χ2n) is 6.82. The van der Waals surface area contributed by atoms with Crippen molar-refractivity contribution in [2.24, 2.45) is 0 Å². The van der Waals surface area contributed by atoms with Gasteiger partial charge in [-0.2, -0.15) is 0 Å². The Morgan fingerprint density at radius 3 is 2.16 bits per heavy atom. The van der Waals surface area contributed by atoms with Crippen LogP contribution in [-0.2, 0) is 17.8 Å². The van der Waals surface area contributed by atoms with Gasteiger partial charge in [0.05, 0.1) is 23.6 Å². The predicted octanol–water partition coefficient (Wildman–Crippen LogP) is 5.07. The Labute approximate surface area is 178 Å². The van der Waals surface area contributed by atoms with E-state index in [9.17, 15) is 26.7 Å². The van der Waals surface area contributed by atoms with E-state index in [4.69, 9.17) is 16.0 Å². The first-order valence-electron chi connectivity index (χ1n) is 8.98. The second kappa shape index (κ2) is 9.01. The maximum absolute atomic E-state index is 13.9. The number of nitrogens with zero attached hydrogens (tertiary/aromatic N) is 3. The van der Waals surface area contributed by atoms with Crippen molar-refractivity contribution >= 4 is 17.5 Å². The lowest BCUT2D eigenvalue weighted by atomic mass is 10.1. The number of aromatic nitrogens is 2. The van der Waals surface area contributed by atoms with Crippen molar-refractivity contribution in [3.63, 3.8) is 0 Å². The van der Waals surface area contributed by atoms with Crippen molar-refractivity contribution in [3.05, 3.63) is 69.8 Å². The summed E-state index contributed by atoms with van der Waals surface area (Å²) < 4.78 is 73.5. The Hall–Kier alpha value is -3.01. The molecule has 2 aromatic carbocycles. The highest BCUT2D eigenvalue weighted by Gasteiger charge is 2.29. The molecule has 11 heteroatoms. The highest BCUT2D eigenvalue weighted by molar-refractivity contribution is 6.33. The number of amides is 1. The molecule has 0 bridgehead atoms. The third-order valence-corrected chi connectivity index (χ3v) is 4.78. The van der Waals surface area contributed by atoms with Gasteiger partial charge in [0.25, 0.3) is 0 Å². The molecule has 0 aliphatic rings. The minimum Gasteiger partial charge on any atom is -0.419 e. The number of benzene rings is 2. The predicted molar refractivity (Wildman–Crippen MR) is 100 cm³/mol. The van der Waals surface area contributed by atoms with E-state index in [1.807, 2.05) is 0 Å². The van der Waals surface area contributed by atoms with Crippen LogP contribution in [0.15, 0.2) is 28.7 Å². The fourth-order valence-corrected chi connectivity index (χ4v) is 3.04. The van der Waals surface area contributed by atoms with Crippen molar-refractivity contribution < 1.29 is 31.2 Å². The van der Waals surface area contributed by atoms with Crippen LogP contribution in [0.25, 0.3) is 11.5 Å². The van der Waals surface area contributed by atoms with Crippen LogP contribution in [0.4, 0.5) is 22.0 Å². The van der Waals surface area contributed by atoms with Gasteiger partial charge in [0, 0.05) is 11.6 Å². The first kappa shape index (κ1) is 22.7. The summed E-state index contributed by atoms with van der Waals surface area (Å²) in [6.07, 6.45) is -1.05. The number of carbonyl (C=O) groups is 1. The quantitative estimate of drug-likeness (QED) is 0.293. The summed E-state index contributed by atoms with van der Waals surface area (Å²) in [5, 5.41) is 8.06. The molecule has 31 heavy (non-hydrogen) atoms. The molecule has 1 aromatic heterocycles. The van der Waals surface area contributed by atoms with Crippen LogP contribution >= 0.6 is 11.6 Å². The summed E-state index contributed by atoms with van der Waals surface area (Å²) >= 11 is 6.08. The fourth-order valence-electron chi connectivity index (χ4n) is 2.82. The molecule has 0 saturated carbocycles. The SMILES string of the molecule is CC(C)N(Cc1nnc(-c2ccccc2Cl)o1)C(=O)Cc1c(F)c(F)c(F)c(F)c1F. The van der Waals surface area contributed by atoms with Crippen molar-refractivity contribution in [3.8, 4) is 11.5 Å². The highest BCUT2D eigenvalue weighted by Crippen LogP contribution is 2.27. The molecule has 0 aliphatic heterocycles. The third-order valence-electron chi connectivity index (χ3n) is 4.45. The minimum atomic E-state index is -2.29. The average Bonchev–Trinajstić information content (AvgIpc) is 3.20. The Balaban J connectivity index is 1.84. The molecule has 3 rings (SSSR count). The smallest absolute Gasteiger partial charge is 0.249 e. The van der Waals surface area contributed by atoms with Gasteiger partial charge in [-0.05, 0) is 26.0 Å². The van der Waals surface area contributed by atoms with Gasteiger partial charge in [0.1, 0.15) is 0 Å². The van der Waals surface area contributed by atoms with E-state index in [1.165, 1.54) is 0 Å². The first-order chi connectivity index (χ1) is 14.6. The minimum absolute atomic E-state index is 0.00520. The maximum atomic E-state index is 13.9. The molecule has 0 unspecified atom stereocenters. The molecule has 164 valence electrons. The lowest BCUT2D eigenvalue weighted by Crippen LogP contribution is -2.38. The maximum Gasteiger partial charge on any atom is 0.249 e. The van der Waals surface area contributed by atoms with E-state index in [1.54, 1.807) is 38.1 Å². The topological polar surface area (TPSA) is 59.2 Å². The van der Waals surface area contributed by atoms with E-state index in [0.717, 1.165) is 4.90 Å². The molecular weight excluding hydrogens is 445 g/mol. The summed E-state index contributed by atoms with van der Waals surface area (Å²) in [7, 11) is 0. The first-order valence-corrected chi connectivity index (χ1v) is 9.36. The van der Waals surface area contributed by atoms with Gasteiger partial charge in [-0.3, -0.25) is 4.79 Å². The van der Waals surface area contributed by atoms with Crippen LogP contribution in [-0.4, -0.2) is 27.0 Å². The Morgan fingerprint density at radius 1 is 1.00 bits per heavy atom. The highest BCUT2D eigenvalue weighted by atomic mass is 35.5. The molecule has 0 aliphatic carbocycles. The van der Waals surface area contributed by atoms with Gasteiger partial charge in [0.2, 0.25) is 23.5 Å². The van der Waals surface area contributed by atoms with E-state index in [0.29, 0.717) is 10.6 Å². The standard InChI is InChI=1S/C20H15ClF5N3O2/c1-9(2)29(8-13-27-28-20(31-13)10-5-3-4-6-12(10)21)14(30)7-11-15(22)17(24)19(26)18(25)16(11)23/h3-6,9H,7-8H2,1-2H3. The summed E-state index contributed by atoms with van der Waals surface area (Å²) in [5.74, 6) is -11.4. The van der Waals surface area contributed by atoms with Gasteiger partial charge in [-0.15, -0.1) is 10.2 Å². The van der Waals surface area contributed by atoms with E-state index in [2.05, 4.69) is 10.2 Å². The molecule has 0 fully saturated rings. The van der Waals surface area contributed by atoms with Crippen LogP contribution in [0, 0.1) is 29.1 Å². The molecule has 3 aromatic rings. The van der Waals surface area contributed by atoms with Crippen molar-refractivity contribution in [2.75, 3.05) is 0 Å². The van der Waals surface area contributed by atoms with Crippen molar-refractivity contribution in [1.29, 1.82) is 0 Å². The Morgan fingerprint density at radius 2 is 1.58 bits per heavy atom. The molecule has 0 atom stereocenters. The number of rotatable bonds is 6. The van der Waals surface area contributed by atoms with E-state index in [-0.39, 0.29) is 18.3 Å². The number of carbonyl (C=O) groups excluding carboxylic acids is 1. The molecule has 1 heterocycles. The molecule has 0 N–H and O–H groups in total. The van der Waals surface area contributed by atoms with Gasteiger partial charge in [-0.1, -0.05) is 23.7 Å². The zero-order chi connectivity index (χ0) is 22.9. The lowest BCUT2D eigenvalue weighted by Gasteiger charge is -2.25. The van der Waals surface area contributed by atoms with Gasteiger partial charge in [-0.25, -0.2) is 22.0 Å². The number of hydrogen-bond donors (Lipinski definition) is 0. The van der Waals surface area contributed by atoms with Crippen molar-refractivity contribution in [2.45, 2.75) is 32.9 Å². The number of halogens is 6. The van der Waals surface area contributed by atoms with Crippen LogP contribution in [0.5, 0.6) is 0 Å². The second-order valence-corrected chi connectivity index (χ2v) is 7.23. The Kier molecular flexibility index (Phi) is 6.59. The van der Waals surface area contributed by atoms with Gasteiger partial charge in [0.15, 0.2) is 23.3 Å². The van der Waals surface area contributed by atoms with Crippen LogP contribution in [0.3, 0.4) is 0 Å². The summed E-state index contributed by atoms with van der Waals surface area (Å²) in [5.41, 5.74) is -0.749. The van der Waals surface area contributed by atoms with E-state index >= 15 is 0 Å². The molecule has 0 saturated heterocycles. The molecule has 0 radical (unpaired) electrons. The summed E-state index contributed by atoms with van der Waals surface area (Å²) in [6, 6.07) is 6.17. The normalized spacial score (nSPS) is 11.3. The van der Waals surface area contributed by atoms with E-state index < -0.39 is 53.0 Å². The average molecular weight is 460 g/mol. The fraction of sp³-hybridized carbons (Fsp3) is 0.250. The zero-order valence-corrected chi connectivity index (χ0v) is 17.0. The van der Waals surface area contributed by atoms with Crippen molar-refractivity contribution in [1.82, 2.24) is 15.1 Å².